The van der Waals surface area contributed by atoms with Crippen molar-refractivity contribution in [1.29, 1.82) is 0 Å². The van der Waals surface area contributed by atoms with E-state index in [2.05, 4.69) is 15.0 Å². The average molecular weight is 506 g/mol. The van der Waals surface area contributed by atoms with Crippen LogP contribution in [0.5, 0.6) is 5.88 Å². The van der Waals surface area contributed by atoms with Crippen LogP contribution in [0, 0.1) is 19.8 Å². The molecule has 3 atom stereocenters. The van der Waals surface area contributed by atoms with Gasteiger partial charge >= 0.3 is 0 Å². The summed E-state index contributed by atoms with van der Waals surface area (Å²) < 4.78 is 6.14. The molecule has 2 aromatic heterocycles. The Morgan fingerprint density at radius 1 is 1.06 bits per heavy atom. The standard InChI is InChI=1S/C24H23Cl3N4O2/c1-13-18(10-28-15(3)30-13)24(32)31-11-19(14(2)33-23-7-5-17(25)9-29-23)20(12-31)16-4-6-21(26)22(27)8-16/h4-10,14,19-20H,11-12H2,1-3H3/t14-,19+,20+/m1/s1. The van der Waals surface area contributed by atoms with Crippen molar-refractivity contribution in [2.45, 2.75) is 32.8 Å². The lowest BCUT2D eigenvalue weighted by Crippen LogP contribution is -2.32. The molecule has 0 saturated carbocycles. The molecule has 9 heteroatoms. The number of ether oxygens (including phenoxy) is 1. The summed E-state index contributed by atoms with van der Waals surface area (Å²) >= 11 is 18.4. The molecule has 0 aliphatic carbocycles. The third-order valence-electron chi connectivity index (χ3n) is 5.96. The Labute approximate surface area is 207 Å². The molecule has 0 N–H and O–H groups in total. The number of carbonyl (C=O) groups excluding carboxylic acids is 1. The molecule has 1 saturated heterocycles. The number of benzene rings is 1. The molecular weight excluding hydrogens is 483 g/mol. The van der Waals surface area contributed by atoms with Crippen molar-refractivity contribution in [3.63, 3.8) is 0 Å². The van der Waals surface area contributed by atoms with E-state index >= 15 is 0 Å². The van der Waals surface area contributed by atoms with Crippen LogP contribution < -0.4 is 4.74 Å². The van der Waals surface area contributed by atoms with Crippen LogP contribution in [0.3, 0.4) is 0 Å². The van der Waals surface area contributed by atoms with Crippen molar-refractivity contribution < 1.29 is 9.53 Å². The van der Waals surface area contributed by atoms with Crippen LogP contribution in [0.25, 0.3) is 0 Å². The Hall–Kier alpha value is -2.41. The molecule has 3 aromatic rings. The number of aryl methyl sites for hydroxylation is 2. The number of rotatable bonds is 5. The van der Waals surface area contributed by atoms with Crippen LogP contribution in [0.2, 0.25) is 15.1 Å². The highest BCUT2D eigenvalue weighted by atomic mass is 35.5. The van der Waals surface area contributed by atoms with Crippen molar-refractivity contribution in [2.24, 2.45) is 5.92 Å². The third-order valence-corrected chi connectivity index (χ3v) is 6.93. The molecule has 0 spiro atoms. The van der Waals surface area contributed by atoms with Gasteiger partial charge in [-0.1, -0.05) is 40.9 Å². The van der Waals surface area contributed by atoms with E-state index < -0.39 is 0 Å². The molecule has 1 aromatic carbocycles. The number of halogens is 3. The number of hydrogen-bond donors (Lipinski definition) is 0. The van der Waals surface area contributed by atoms with Gasteiger partial charge < -0.3 is 9.64 Å². The summed E-state index contributed by atoms with van der Waals surface area (Å²) in [6, 6.07) is 9.07. The maximum Gasteiger partial charge on any atom is 0.257 e. The van der Waals surface area contributed by atoms with Gasteiger partial charge in [0, 0.05) is 43.4 Å². The Morgan fingerprint density at radius 3 is 2.52 bits per heavy atom. The van der Waals surface area contributed by atoms with E-state index in [-0.39, 0.29) is 23.8 Å². The zero-order valence-corrected chi connectivity index (χ0v) is 20.7. The Balaban J connectivity index is 1.63. The van der Waals surface area contributed by atoms with Gasteiger partial charge in [-0.2, -0.15) is 0 Å². The first kappa shape index (κ1) is 23.7. The quantitative estimate of drug-likeness (QED) is 0.440. The largest absolute Gasteiger partial charge is 0.474 e. The second-order valence-electron chi connectivity index (χ2n) is 8.21. The van der Waals surface area contributed by atoms with Crippen molar-refractivity contribution in [2.75, 3.05) is 13.1 Å². The number of likely N-dealkylation sites (tertiary alicyclic amines) is 1. The predicted octanol–water partition coefficient (Wildman–Crippen LogP) is 5.77. The molecule has 0 radical (unpaired) electrons. The zero-order valence-electron chi connectivity index (χ0n) is 18.4. The summed E-state index contributed by atoms with van der Waals surface area (Å²) in [4.78, 5) is 28.0. The summed E-state index contributed by atoms with van der Waals surface area (Å²) in [7, 11) is 0. The van der Waals surface area contributed by atoms with Gasteiger partial charge in [-0.15, -0.1) is 0 Å². The highest BCUT2D eigenvalue weighted by Gasteiger charge is 2.41. The fourth-order valence-electron chi connectivity index (χ4n) is 4.24. The molecule has 4 rings (SSSR count). The first-order valence-electron chi connectivity index (χ1n) is 10.6. The minimum atomic E-state index is -0.230. The van der Waals surface area contributed by atoms with E-state index in [1.165, 1.54) is 0 Å². The van der Waals surface area contributed by atoms with Crippen molar-refractivity contribution in [3.05, 3.63) is 80.4 Å². The van der Waals surface area contributed by atoms with Gasteiger partial charge in [0.05, 0.1) is 26.3 Å². The molecular formula is C24H23Cl3N4O2. The van der Waals surface area contributed by atoms with E-state index in [1.54, 1.807) is 37.5 Å². The first-order valence-corrected chi connectivity index (χ1v) is 11.7. The molecule has 0 bridgehead atoms. The Kier molecular flexibility index (Phi) is 7.07. The molecule has 1 aliphatic rings. The third kappa shape index (κ3) is 5.24. The van der Waals surface area contributed by atoms with Gasteiger partial charge in [-0.25, -0.2) is 15.0 Å². The van der Waals surface area contributed by atoms with Crippen molar-refractivity contribution >= 4 is 40.7 Å². The topological polar surface area (TPSA) is 68.2 Å². The lowest BCUT2D eigenvalue weighted by atomic mass is 9.86. The van der Waals surface area contributed by atoms with Gasteiger partial charge in [0.1, 0.15) is 11.9 Å². The summed E-state index contributed by atoms with van der Waals surface area (Å²) in [6.07, 6.45) is 2.91. The molecule has 172 valence electrons. The van der Waals surface area contributed by atoms with Crippen LogP contribution in [-0.2, 0) is 0 Å². The summed E-state index contributed by atoms with van der Waals surface area (Å²) in [5, 5.41) is 1.51. The van der Waals surface area contributed by atoms with Gasteiger partial charge in [-0.3, -0.25) is 4.79 Å². The maximum absolute atomic E-state index is 13.4. The molecule has 0 unspecified atom stereocenters. The zero-order chi connectivity index (χ0) is 23.7. The Bertz CT molecular complexity index is 1170. The number of pyridine rings is 1. The van der Waals surface area contributed by atoms with Gasteiger partial charge in [0.2, 0.25) is 5.88 Å². The lowest BCUT2D eigenvalue weighted by Gasteiger charge is -2.25. The van der Waals surface area contributed by atoms with Crippen LogP contribution in [0.1, 0.15) is 40.3 Å². The number of hydrogen-bond acceptors (Lipinski definition) is 5. The van der Waals surface area contributed by atoms with Crippen LogP contribution in [0.4, 0.5) is 0 Å². The molecule has 3 heterocycles. The number of nitrogens with zero attached hydrogens (tertiary/aromatic N) is 4. The fourth-order valence-corrected chi connectivity index (χ4v) is 4.66. The highest BCUT2D eigenvalue weighted by Crippen LogP contribution is 2.38. The van der Waals surface area contributed by atoms with Crippen LogP contribution in [0.15, 0.2) is 42.7 Å². The average Bonchev–Trinajstić information content (AvgIpc) is 3.22. The number of amides is 1. The lowest BCUT2D eigenvalue weighted by molar-refractivity contribution is 0.0768. The van der Waals surface area contributed by atoms with E-state index in [0.29, 0.717) is 51.1 Å². The van der Waals surface area contributed by atoms with Gasteiger partial charge in [0.25, 0.3) is 5.91 Å². The fraction of sp³-hybridized carbons (Fsp3) is 0.333. The van der Waals surface area contributed by atoms with Crippen LogP contribution in [-0.4, -0.2) is 45.0 Å². The summed E-state index contributed by atoms with van der Waals surface area (Å²) in [5.41, 5.74) is 2.17. The first-order chi connectivity index (χ1) is 15.7. The predicted molar refractivity (Wildman–Crippen MR) is 129 cm³/mol. The molecule has 33 heavy (non-hydrogen) atoms. The molecule has 1 fully saturated rings. The second kappa shape index (κ2) is 9.84. The highest BCUT2D eigenvalue weighted by molar-refractivity contribution is 6.42. The molecule has 6 nitrogen and oxygen atoms in total. The van der Waals surface area contributed by atoms with Gasteiger partial charge in [0.15, 0.2) is 0 Å². The van der Waals surface area contributed by atoms with Crippen LogP contribution >= 0.6 is 34.8 Å². The number of carbonyl (C=O) groups is 1. The number of aromatic nitrogens is 3. The monoisotopic (exact) mass is 504 g/mol. The summed E-state index contributed by atoms with van der Waals surface area (Å²) in [5.74, 6) is 1.01. The molecule has 1 aliphatic heterocycles. The SMILES string of the molecule is Cc1ncc(C(=O)N2C[C@@H]([C@@H](C)Oc3ccc(Cl)cn3)[C@H](c3ccc(Cl)c(Cl)c3)C2)c(C)n1. The van der Waals surface area contributed by atoms with E-state index in [1.807, 2.05) is 30.9 Å². The van der Waals surface area contributed by atoms with Crippen molar-refractivity contribution in [1.82, 2.24) is 19.9 Å². The smallest absolute Gasteiger partial charge is 0.257 e. The molecule has 1 amide bonds. The van der Waals surface area contributed by atoms with E-state index in [0.717, 1.165) is 5.56 Å². The summed E-state index contributed by atoms with van der Waals surface area (Å²) in [6.45, 7) is 6.63. The minimum absolute atomic E-state index is 0.00214. The normalized spacial score (nSPS) is 18.9. The maximum atomic E-state index is 13.4. The van der Waals surface area contributed by atoms with E-state index in [9.17, 15) is 4.79 Å². The Morgan fingerprint density at radius 2 is 1.85 bits per heavy atom. The van der Waals surface area contributed by atoms with Gasteiger partial charge in [-0.05, 0) is 44.5 Å². The van der Waals surface area contributed by atoms with Crippen molar-refractivity contribution in [3.8, 4) is 5.88 Å². The minimum Gasteiger partial charge on any atom is -0.474 e. The second-order valence-corrected chi connectivity index (χ2v) is 9.46. The van der Waals surface area contributed by atoms with E-state index in [4.69, 9.17) is 39.5 Å².